The number of hydrogen-bond donors (Lipinski definition) is 1. The van der Waals surface area contributed by atoms with Crippen LogP contribution in [-0.2, 0) is 10.9 Å². The minimum atomic E-state index is -4.63. The van der Waals surface area contributed by atoms with Crippen molar-refractivity contribution in [2.24, 2.45) is 0 Å². The summed E-state index contributed by atoms with van der Waals surface area (Å²) in [5.41, 5.74) is -0.601. The predicted octanol–water partition coefficient (Wildman–Crippen LogP) is 4.19. The van der Waals surface area contributed by atoms with Crippen LogP contribution in [0.15, 0.2) is 42.7 Å². The lowest BCUT2D eigenvalue weighted by atomic mass is 10.1. The first-order valence-electron chi connectivity index (χ1n) is 7.68. The summed E-state index contributed by atoms with van der Waals surface area (Å²) >= 11 is 0. The normalized spacial score (nSPS) is 11.3. The van der Waals surface area contributed by atoms with E-state index in [-0.39, 0.29) is 17.1 Å². The second-order valence-corrected chi connectivity index (χ2v) is 5.52. The Balaban J connectivity index is 2.09. The monoisotopic (exact) mass is 377 g/mol. The van der Waals surface area contributed by atoms with E-state index in [0.717, 1.165) is 19.2 Å². The molecular weight excluding hydrogens is 363 g/mol. The molecule has 1 heterocycles. The van der Waals surface area contributed by atoms with Crippen LogP contribution in [0.4, 0.5) is 24.7 Å². The SMILES string of the molecule is COC(=O)c1cc(Nc2ncnc3ccc(OC)cc23)cc(C(F)(F)F)c1. The van der Waals surface area contributed by atoms with Crippen molar-refractivity contribution in [1.82, 2.24) is 9.97 Å². The van der Waals surface area contributed by atoms with Gasteiger partial charge in [0.25, 0.3) is 0 Å². The second-order valence-electron chi connectivity index (χ2n) is 5.52. The highest BCUT2D eigenvalue weighted by Gasteiger charge is 2.32. The first-order chi connectivity index (χ1) is 12.8. The Kier molecular flexibility index (Phi) is 4.85. The number of nitrogens with zero attached hydrogens (tertiary/aromatic N) is 2. The summed E-state index contributed by atoms with van der Waals surface area (Å²) in [7, 11) is 2.59. The van der Waals surface area contributed by atoms with Gasteiger partial charge in [-0.15, -0.1) is 0 Å². The summed E-state index contributed by atoms with van der Waals surface area (Å²) in [6.07, 6.45) is -3.34. The lowest BCUT2D eigenvalue weighted by Crippen LogP contribution is -2.10. The number of aromatic nitrogens is 2. The number of alkyl halides is 3. The number of carbonyl (C=O) groups excluding carboxylic acids is 1. The minimum Gasteiger partial charge on any atom is -0.497 e. The maximum atomic E-state index is 13.2. The Morgan fingerprint density at radius 2 is 1.85 bits per heavy atom. The van der Waals surface area contributed by atoms with Crippen molar-refractivity contribution in [3.8, 4) is 5.75 Å². The van der Waals surface area contributed by atoms with Gasteiger partial charge in [0, 0.05) is 11.1 Å². The van der Waals surface area contributed by atoms with Gasteiger partial charge in [-0.1, -0.05) is 0 Å². The fraction of sp³-hybridized carbons (Fsp3) is 0.167. The molecule has 9 heteroatoms. The number of ether oxygens (including phenoxy) is 2. The highest BCUT2D eigenvalue weighted by Crippen LogP contribution is 2.34. The van der Waals surface area contributed by atoms with E-state index in [1.165, 1.54) is 19.5 Å². The number of benzene rings is 2. The molecule has 0 amide bonds. The maximum absolute atomic E-state index is 13.2. The zero-order chi connectivity index (χ0) is 19.6. The molecule has 3 rings (SSSR count). The summed E-state index contributed by atoms with van der Waals surface area (Å²) in [5.74, 6) is -0.0629. The Hall–Kier alpha value is -3.36. The van der Waals surface area contributed by atoms with Crippen LogP contribution in [0, 0.1) is 0 Å². The molecule has 140 valence electrons. The fourth-order valence-corrected chi connectivity index (χ4v) is 2.50. The van der Waals surface area contributed by atoms with E-state index in [2.05, 4.69) is 20.0 Å². The van der Waals surface area contributed by atoms with E-state index in [9.17, 15) is 18.0 Å². The van der Waals surface area contributed by atoms with Crippen molar-refractivity contribution in [3.05, 3.63) is 53.9 Å². The third-order valence-electron chi connectivity index (χ3n) is 3.79. The van der Waals surface area contributed by atoms with Gasteiger partial charge in [-0.3, -0.25) is 0 Å². The van der Waals surface area contributed by atoms with Gasteiger partial charge in [-0.25, -0.2) is 14.8 Å². The van der Waals surface area contributed by atoms with Gasteiger partial charge in [0.05, 0.1) is 30.9 Å². The number of methoxy groups -OCH3 is 2. The number of halogens is 3. The molecule has 3 aromatic rings. The highest BCUT2D eigenvalue weighted by atomic mass is 19.4. The zero-order valence-electron chi connectivity index (χ0n) is 14.3. The number of rotatable bonds is 4. The van der Waals surface area contributed by atoms with Crippen LogP contribution in [0.5, 0.6) is 5.75 Å². The largest absolute Gasteiger partial charge is 0.497 e. The molecule has 0 spiro atoms. The molecule has 27 heavy (non-hydrogen) atoms. The Bertz CT molecular complexity index is 1010. The molecule has 0 saturated heterocycles. The van der Waals surface area contributed by atoms with E-state index in [1.807, 2.05) is 0 Å². The average Bonchev–Trinajstić information content (AvgIpc) is 2.66. The topological polar surface area (TPSA) is 73.3 Å². The van der Waals surface area contributed by atoms with Gasteiger partial charge in [-0.05, 0) is 36.4 Å². The highest BCUT2D eigenvalue weighted by molar-refractivity contribution is 5.94. The number of fused-ring (bicyclic) bond motifs is 1. The van der Waals surface area contributed by atoms with Crippen molar-refractivity contribution in [3.63, 3.8) is 0 Å². The van der Waals surface area contributed by atoms with Gasteiger partial charge in [0.2, 0.25) is 0 Å². The lowest BCUT2D eigenvalue weighted by Gasteiger charge is -2.14. The summed E-state index contributed by atoms with van der Waals surface area (Å²) in [5, 5.41) is 3.37. The van der Waals surface area contributed by atoms with Gasteiger partial charge in [0.1, 0.15) is 17.9 Å². The molecule has 6 nitrogen and oxygen atoms in total. The van der Waals surface area contributed by atoms with E-state index >= 15 is 0 Å². The molecule has 0 aliphatic rings. The van der Waals surface area contributed by atoms with Crippen LogP contribution in [0.2, 0.25) is 0 Å². The first-order valence-corrected chi connectivity index (χ1v) is 7.68. The molecule has 2 aromatic carbocycles. The number of hydrogen-bond acceptors (Lipinski definition) is 6. The number of esters is 1. The Morgan fingerprint density at radius 3 is 2.52 bits per heavy atom. The van der Waals surface area contributed by atoms with Gasteiger partial charge < -0.3 is 14.8 Å². The van der Waals surface area contributed by atoms with E-state index in [0.29, 0.717) is 16.7 Å². The van der Waals surface area contributed by atoms with Crippen LogP contribution < -0.4 is 10.1 Å². The van der Waals surface area contributed by atoms with Crippen molar-refractivity contribution in [2.75, 3.05) is 19.5 Å². The van der Waals surface area contributed by atoms with Crippen LogP contribution in [-0.4, -0.2) is 30.2 Å². The maximum Gasteiger partial charge on any atom is 0.416 e. The zero-order valence-corrected chi connectivity index (χ0v) is 14.3. The van der Waals surface area contributed by atoms with Crippen LogP contribution in [0.3, 0.4) is 0 Å². The molecule has 0 radical (unpaired) electrons. The Morgan fingerprint density at radius 1 is 1.07 bits per heavy atom. The third-order valence-corrected chi connectivity index (χ3v) is 3.79. The number of nitrogens with one attached hydrogen (secondary N) is 1. The summed E-state index contributed by atoms with van der Waals surface area (Å²) < 4.78 is 49.2. The van der Waals surface area contributed by atoms with Crippen molar-refractivity contribution >= 4 is 28.4 Å². The van der Waals surface area contributed by atoms with Crippen molar-refractivity contribution in [1.29, 1.82) is 0 Å². The van der Waals surface area contributed by atoms with Crippen LogP contribution in [0.1, 0.15) is 15.9 Å². The third kappa shape index (κ3) is 3.91. The smallest absolute Gasteiger partial charge is 0.416 e. The molecule has 0 unspecified atom stereocenters. The summed E-state index contributed by atoms with van der Waals surface area (Å²) in [4.78, 5) is 19.9. The summed E-state index contributed by atoms with van der Waals surface area (Å²) in [6, 6.07) is 7.95. The quantitative estimate of drug-likeness (QED) is 0.688. The molecule has 0 saturated carbocycles. The standard InChI is InChI=1S/C18H14F3N3O3/c1-26-13-3-4-15-14(8-13)16(23-9-22-15)24-12-6-10(17(25)27-2)5-11(7-12)18(19,20)21/h3-9H,1-2H3,(H,22,23,24). The van der Waals surface area contributed by atoms with Gasteiger partial charge in [-0.2, -0.15) is 13.2 Å². The molecule has 0 atom stereocenters. The first kappa shape index (κ1) is 18.4. The molecule has 0 aliphatic heterocycles. The molecule has 1 N–H and O–H groups in total. The van der Waals surface area contributed by atoms with Gasteiger partial charge in [0.15, 0.2) is 0 Å². The number of anilines is 2. The van der Waals surface area contributed by atoms with Crippen LogP contribution >= 0.6 is 0 Å². The van der Waals surface area contributed by atoms with E-state index in [4.69, 9.17) is 4.74 Å². The molecule has 0 bridgehead atoms. The lowest BCUT2D eigenvalue weighted by molar-refractivity contribution is -0.137. The number of carbonyl (C=O) groups is 1. The van der Waals surface area contributed by atoms with Gasteiger partial charge >= 0.3 is 12.1 Å². The summed E-state index contributed by atoms with van der Waals surface area (Å²) in [6.45, 7) is 0. The molecule has 0 aliphatic carbocycles. The molecule has 0 fully saturated rings. The van der Waals surface area contributed by atoms with E-state index < -0.39 is 17.7 Å². The Labute approximate surface area is 152 Å². The van der Waals surface area contributed by atoms with Crippen LogP contribution in [0.25, 0.3) is 10.9 Å². The van der Waals surface area contributed by atoms with Crippen molar-refractivity contribution in [2.45, 2.75) is 6.18 Å². The molecular formula is C18H14F3N3O3. The second kappa shape index (κ2) is 7.10. The molecule has 1 aromatic heterocycles. The van der Waals surface area contributed by atoms with E-state index in [1.54, 1.807) is 18.2 Å². The minimum absolute atomic E-state index is 0.0352. The van der Waals surface area contributed by atoms with Crippen molar-refractivity contribution < 1.29 is 27.4 Å². The fourth-order valence-electron chi connectivity index (χ4n) is 2.50. The average molecular weight is 377 g/mol. The predicted molar refractivity (Wildman–Crippen MR) is 92.2 cm³/mol.